The zero-order chi connectivity index (χ0) is 15.5. The maximum Gasteiger partial charge on any atom is 0.223 e. The summed E-state index contributed by atoms with van der Waals surface area (Å²) in [5.74, 6) is 1.35. The van der Waals surface area contributed by atoms with Gasteiger partial charge in [-0.2, -0.15) is 5.10 Å². The van der Waals surface area contributed by atoms with E-state index in [1.165, 1.54) is 0 Å². The van der Waals surface area contributed by atoms with E-state index in [0.717, 1.165) is 29.3 Å². The molecule has 6 nitrogen and oxygen atoms in total. The lowest BCUT2D eigenvalue weighted by molar-refractivity contribution is -0.125. The van der Waals surface area contributed by atoms with Gasteiger partial charge in [-0.1, -0.05) is 28.1 Å². The van der Waals surface area contributed by atoms with E-state index in [2.05, 4.69) is 36.4 Å². The van der Waals surface area contributed by atoms with Gasteiger partial charge in [-0.05, 0) is 31.4 Å². The third kappa shape index (κ3) is 3.53. The van der Waals surface area contributed by atoms with Gasteiger partial charge in [-0.25, -0.2) is 4.98 Å². The Morgan fingerprint density at radius 3 is 2.82 bits per heavy atom. The Balaban J connectivity index is 1.58. The third-order valence-electron chi connectivity index (χ3n) is 3.91. The first-order valence-electron chi connectivity index (χ1n) is 7.32. The number of carbonyl (C=O) groups excluding carboxylic acids is 1. The van der Waals surface area contributed by atoms with Crippen LogP contribution in [0.25, 0.3) is 11.4 Å². The normalized spacial score (nSPS) is 21.0. The fraction of sp³-hybridized carbons (Fsp3) is 0.400. The first-order chi connectivity index (χ1) is 10.6. The van der Waals surface area contributed by atoms with Gasteiger partial charge in [-0.15, -0.1) is 0 Å². The number of nitrogens with zero attached hydrogens (tertiary/aromatic N) is 2. The lowest BCUT2D eigenvalue weighted by Gasteiger charge is -2.09. The fourth-order valence-corrected chi connectivity index (χ4v) is 2.94. The lowest BCUT2D eigenvalue weighted by Crippen LogP contribution is -2.30. The Morgan fingerprint density at radius 2 is 2.14 bits per heavy atom. The van der Waals surface area contributed by atoms with E-state index in [1.54, 1.807) is 0 Å². The smallest absolute Gasteiger partial charge is 0.223 e. The quantitative estimate of drug-likeness (QED) is 0.773. The summed E-state index contributed by atoms with van der Waals surface area (Å²) in [6.07, 6.45) is 2.56. The molecule has 0 spiro atoms. The second-order valence-corrected chi connectivity index (χ2v) is 6.52. The molecule has 1 saturated carbocycles. The number of aromatic nitrogens is 3. The number of hydrogen-bond acceptors (Lipinski definition) is 4. The Bertz CT molecular complexity index is 654. The minimum absolute atomic E-state index is 0.0314. The number of H-pyrrole nitrogens is 1. The van der Waals surface area contributed by atoms with Crippen molar-refractivity contribution in [2.45, 2.75) is 31.8 Å². The van der Waals surface area contributed by atoms with Crippen LogP contribution in [-0.4, -0.2) is 27.1 Å². The molecule has 1 aliphatic rings. The maximum absolute atomic E-state index is 12.0. The average molecular weight is 364 g/mol. The Labute approximate surface area is 137 Å². The van der Waals surface area contributed by atoms with E-state index in [4.69, 9.17) is 5.73 Å². The van der Waals surface area contributed by atoms with Crippen LogP contribution in [0.5, 0.6) is 0 Å². The van der Waals surface area contributed by atoms with Gasteiger partial charge < -0.3 is 11.1 Å². The second kappa shape index (κ2) is 6.58. The van der Waals surface area contributed by atoms with Crippen LogP contribution in [-0.2, 0) is 11.3 Å². The Hall–Kier alpha value is -1.73. The molecular formula is C15H18BrN5O. The first-order valence-corrected chi connectivity index (χ1v) is 8.11. The number of aromatic amines is 1. The van der Waals surface area contributed by atoms with Crippen molar-refractivity contribution >= 4 is 21.8 Å². The molecule has 1 heterocycles. The minimum Gasteiger partial charge on any atom is -0.349 e. The van der Waals surface area contributed by atoms with E-state index < -0.39 is 0 Å². The van der Waals surface area contributed by atoms with E-state index >= 15 is 0 Å². The topological polar surface area (TPSA) is 96.7 Å². The molecule has 2 atom stereocenters. The standard InChI is InChI=1S/C15H18BrN5O/c16-11-4-1-9(2-5-11)14-19-13(20-21-14)8-18-15(22)10-3-6-12(17)7-10/h1-2,4-5,10,12H,3,6-8,17H2,(H,18,22)(H,19,20,21). The predicted molar refractivity (Wildman–Crippen MR) is 86.7 cm³/mol. The van der Waals surface area contributed by atoms with E-state index in [1.807, 2.05) is 24.3 Å². The monoisotopic (exact) mass is 363 g/mol. The zero-order valence-electron chi connectivity index (χ0n) is 12.1. The Kier molecular flexibility index (Phi) is 4.54. The van der Waals surface area contributed by atoms with Crippen LogP contribution in [0.4, 0.5) is 0 Å². The molecular weight excluding hydrogens is 346 g/mol. The molecule has 1 aliphatic carbocycles. The van der Waals surface area contributed by atoms with E-state index in [9.17, 15) is 4.79 Å². The van der Waals surface area contributed by atoms with Crippen molar-refractivity contribution in [2.24, 2.45) is 11.7 Å². The molecule has 0 aliphatic heterocycles. The molecule has 3 rings (SSSR count). The summed E-state index contributed by atoms with van der Waals surface area (Å²) in [7, 11) is 0. The van der Waals surface area contributed by atoms with Crippen LogP contribution in [0.3, 0.4) is 0 Å². The van der Waals surface area contributed by atoms with Gasteiger partial charge in [0.15, 0.2) is 5.82 Å². The molecule has 1 aromatic carbocycles. The van der Waals surface area contributed by atoms with Crippen molar-refractivity contribution in [3.63, 3.8) is 0 Å². The highest BCUT2D eigenvalue weighted by molar-refractivity contribution is 9.10. The second-order valence-electron chi connectivity index (χ2n) is 5.60. The molecule has 1 aromatic heterocycles. The summed E-state index contributed by atoms with van der Waals surface area (Å²) in [5.41, 5.74) is 6.77. The van der Waals surface area contributed by atoms with Crippen LogP contribution in [0.2, 0.25) is 0 Å². The highest BCUT2D eigenvalue weighted by Gasteiger charge is 2.27. The summed E-state index contributed by atoms with van der Waals surface area (Å²) in [4.78, 5) is 16.4. The van der Waals surface area contributed by atoms with Gasteiger partial charge in [0.05, 0.1) is 6.54 Å². The largest absolute Gasteiger partial charge is 0.349 e. The molecule has 1 amide bonds. The number of nitrogens with two attached hydrogens (primary N) is 1. The number of amides is 1. The van der Waals surface area contributed by atoms with Crippen molar-refractivity contribution in [3.05, 3.63) is 34.6 Å². The molecule has 4 N–H and O–H groups in total. The Morgan fingerprint density at radius 1 is 1.36 bits per heavy atom. The highest BCUT2D eigenvalue weighted by atomic mass is 79.9. The van der Waals surface area contributed by atoms with Crippen LogP contribution in [0.1, 0.15) is 25.1 Å². The molecule has 116 valence electrons. The van der Waals surface area contributed by atoms with Gasteiger partial charge in [0, 0.05) is 22.0 Å². The highest BCUT2D eigenvalue weighted by Crippen LogP contribution is 2.24. The summed E-state index contributed by atoms with van der Waals surface area (Å²) < 4.78 is 1.01. The van der Waals surface area contributed by atoms with Gasteiger partial charge in [0.1, 0.15) is 5.82 Å². The van der Waals surface area contributed by atoms with Gasteiger partial charge >= 0.3 is 0 Å². The van der Waals surface area contributed by atoms with E-state index in [-0.39, 0.29) is 17.9 Å². The molecule has 0 saturated heterocycles. The lowest BCUT2D eigenvalue weighted by atomic mass is 10.1. The summed E-state index contributed by atoms with van der Waals surface area (Å²) in [6.45, 7) is 0.355. The summed E-state index contributed by atoms with van der Waals surface area (Å²) >= 11 is 3.40. The molecule has 0 radical (unpaired) electrons. The van der Waals surface area contributed by atoms with Crippen molar-refractivity contribution < 1.29 is 4.79 Å². The fourth-order valence-electron chi connectivity index (χ4n) is 2.67. The predicted octanol–water partition coefficient (Wildman–Crippen LogP) is 1.98. The third-order valence-corrected chi connectivity index (χ3v) is 4.44. The van der Waals surface area contributed by atoms with Crippen molar-refractivity contribution in [3.8, 4) is 11.4 Å². The number of hydrogen-bond donors (Lipinski definition) is 3. The molecule has 2 unspecified atom stereocenters. The molecule has 0 bridgehead atoms. The SMILES string of the molecule is NC1CCC(C(=O)NCc2nc(-c3ccc(Br)cc3)n[nH]2)C1. The number of benzene rings is 1. The van der Waals surface area contributed by atoms with Crippen LogP contribution in [0, 0.1) is 5.92 Å². The van der Waals surface area contributed by atoms with Crippen LogP contribution in [0.15, 0.2) is 28.7 Å². The molecule has 22 heavy (non-hydrogen) atoms. The van der Waals surface area contributed by atoms with Gasteiger partial charge in [0.2, 0.25) is 5.91 Å². The van der Waals surface area contributed by atoms with Crippen molar-refractivity contribution in [1.82, 2.24) is 20.5 Å². The van der Waals surface area contributed by atoms with Gasteiger partial charge in [0.25, 0.3) is 0 Å². The van der Waals surface area contributed by atoms with E-state index in [0.29, 0.717) is 18.2 Å². The summed E-state index contributed by atoms with van der Waals surface area (Å²) in [5, 5.41) is 9.94. The number of carbonyl (C=O) groups is 1. The molecule has 7 heteroatoms. The summed E-state index contributed by atoms with van der Waals surface area (Å²) in [6, 6.07) is 7.92. The number of nitrogens with one attached hydrogen (secondary N) is 2. The van der Waals surface area contributed by atoms with Crippen LogP contribution >= 0.6 is 15.9 Å². The van der Waals surface area contributed by atoms with Gasteiger partial charge in [-0.3, -0.25) is 9.89 Å². The van der Waals surface area contributed by atoms with Crippen molar-refractivity contribution in [2.75, 3.05) is 0 Å². The number of rotatable bonds is 4. The molecule has 1 fully saturated rings. The first kappa shape index (κ1) is 15.2. The average Bonchev–Trinajstić information content (AvgIpc) is 3.15. The number of halogens is 1. The maximum atomic E-state index is 12.0. The minimum atomic E-state index is 0.0314. The molecule has 2 aromatic rings. The zero-order valence-corrected chi connectivity index (χ0v) is 13.6. The van der Waals surface area contributed by atoms with Crippen LogP contribution < -0.4 is 11.1 Å². The van der Waals surface area contributed by atoms with Crippen molar-refractivity contribution in [1.29, 1.82) is 0 Å².